The van der Waals surface area contributed by atoms with Gasteiger partial charge in [-0.2, -0.15) is 0 Å². The number of aromatic nitrogens is 2. The molecule has 330 valence electrons. The summed E-state index contributed by atoms with van der Waals surface area (Å²) in [6.07, 6.45) is 3.81. The fourth-order valence-corrected chi connectivity index (χ4v) is 11.0. The predicted molar refractivity (Wildman–Crippen MR) is 277 cm³/mol. The van der Waals surface area contributed by atoms with Gasteiger partial charge in [-0.3, -0.25) is 0 Å². The van der Waals surface area contributed by atoms with Crippen molar-refractivity contribution in [2.24, 2.45) is 0 Å². The number of pyridine rings is 2. The third kappa shape index (κ3) is 8.27. The van der Waals surface area contributed by atoms with Crippen LogP contribution < -0.4 is 28.5 Å². The zero-order chi connectivity index (χ0) is 46.0. The molecular formula is C59H57N5OSe. The molecule has 0 atom stereocenters. The Hall–Kier alpha value is -6.66. The zero-order valence-electron chi connectivity index (χ0n) is 39.4. The van der Waals surface area contributed by atoms with E-state index in [1.54, 1.807) is 0 Å². The van der Waals surface area contributed by atoms with Crippen molar-refractivity contribution in [1.29, 1.82) is 0 Å². The van der Waals surface area contributed by atoms with Crippen molar-refractivity contribution in [3.63, 3.8) is 0 Å². The van der Waals surface area contributed by atoms with E-state index in [2.05, 4.69) is 229 Å². The fraction of sp³-hybridized carbons (Fsp3) is 0.220. The van der Waals surface area contributed by atoms with Crippen LogP contribution in [0.2, 0.25) is 0 Å². The molecule has 2 aliphatic heterocycles. The molecule has 0 unspecified atom stereocenters. The first-order valence-electron chi connectivity index (χ1n) is 22.9. The number of ether oxygens (including phenoxy) is 1. The molecule has 0 spiro atoms. The molecule has 8 aromatic rings. The SMILES string of the molecule is CC(C)(C)c1ccnc(N2c3cc(Oc4cccc(N5CN(c6c(-c7ccccc7)cc(C(C)(C)C)cc6-c6ccccc6)c6ccc(C(C)(C)C)cc65)c4)ccc3[Se]c3ncccc32)c1. The average molecular weight is 931 g/mol. The van der Waals surface area contributed by atoms with Crippen molar-refractivity contribution < 1.29 is 4.74 Å². The summed E-state index contributed by atoms with van der Waals surface area (Å²) in [7, 11) is 0. The summed E-state index contributed by atoms with van der Waals surface area (Å²) in [5.74, 6) is 2.41. The Kier molecular flexibility index (Phi) is 10.9. The van der Waals surface area contributed by atoms with Gasteiger partial charge in [0.05, 0.1) is 0 Å². The van der Waals surface area contributed by atoms with Crippen molar-refractivity contribution in [2.75, 3.05) is 21.4 Å². The van der Waals surface area contributed by atoms with Crippen LogP contribution >= 0.6 is 0 Å². The molecule has 0 aliphatic carbocycles. The van der Waals surface area contributed by atoms with E-state index in [9.17, 15) is 0 Å². The maximum atomic E-state index is 6.88. The van der Waals surface area contributed by atoms with Crippen LogP contribution in [0.5, 0.6) is 11.5 Å². The molecule has 66 heavy (non-hydrogen) atoms. The van der Waals surface area contributed by atoms with E-state index in [-0.39, 0.29) is 31.2 Å². The summed E-state index contributed by atoms with van der Waals surface area (Å²) in [6, 6.07) is 57.2. The first-order valence-corrected chi connectivity index (χ1v) is 24.6. The van der Waals surface area contributed by atoms with Crippen LogP contribution in [0.25, 0.3) is 22.3 Å². The molecule has 2 aromatic heterocycles. The van der Waals surface area contributed by atoms with E-state index in [4.69, 9.17) is 14.7 Å². The van der Waals surface area contributed by atoms with E-state index in [0.29, 0.717) is 6.67 Å². The standard InChI is InChI=1S/C59H57N5OSe/c1-57(2,3)41-25-27-49-51(34-41)62(38-63(49)55-47(39-18-12-10-13-19-39)32-43(59(7,8)9)33-48(55)40-20-14-11-15-21-40)44-22-16-23-45(36-44)65-46-26-28-53-52(37-46)64(50-24-17-30-61-56(50)66-53)54-35-42(29-31-60-54)58(4,5)6/h10-37H,38H2,1-9H3. The van der Waals surface area contributed by atoms with Gasteiger partial charge in [0, 0.05) is 11.1 Å². The molecule has 0 saturated heterocycles. The Bertz CT molecular complexity index is 3030. The average Bonchev–Trinajstić information content (AvgIpc) is 3.69. The summed E-state index contributed by atoms with van der Waals surface area (Å²) in [4.78, 5) is 17.0. The summed E-state index contributed by atoms with van der Waals surface area (Å²) >= 11 is 0.0251. The van der Waals surface area contributed by atoms with Crippen molar-refractivity contribution in [2.45, 2.75) is 78.6 Å². The Morgan fingerprint density at radius 1 is 0.470 bits per heavy atom. The van der Waals surface area contributed by atoms with Gasteiger partial charge in [0.15, 0.2) is 0 Å². The van der Waals surface area contributed by atoms with Crippen molar-refractivity contribution in [1.82, 2.24) is 9.97 Å². The molecule has 2 aliphatic rings. The second-order valence-corrected chi connectivity index (χ2v) is 22.7. The monoisotopic (exact) mass is 931 g/mol. The number of rotatable bonds is 7. The molecule has 0 saturated carbocycles. The van der Waals surface area contributed by atoms with E-state index < -0.39 is 0 Å². The molecule has 0 bridgehead atoms. The minimum absolute atomic E-state index is 0.0251. The first-order chi connectivity index (χ1) is 31.6. The number of anilines is 7. The van der Waals surface area contributed by atoms with E-state index in [1.165, 1.54) is 60.5 Å². The molecule has 7 heteroatoms. The van der Waals surface area contributed by atoms with Gasteiger partial charge in [0.25, 0.3) is 0 Å². The molecule has 6 nitrogen and oxygen atoms in total. The van der Waals surface area contributed by atoms with Crippen molar-refractivity contribution in [3.8, 4) is 33.8 Å². The zero-order valence-corrected chi connectivity index (χ0v) is 41.1. The van der Waals surface area contributed by atoms with Crippen LogP contribution in [0.4, 0.5) is 39.9 Å². The van der Waals surface area contributed by atoms with Gasteiger partial charge in [-0.05, 0) is 39.7 Å². The van der Waals surface area contributed by atoms with Crippen LogP contribution in [-0.4, -0.2) is 31.6 Å². The quantitative estimate of drug-likeness (QED) is 0.148. The second kappa shape index (κ2) is 16.6. The molecule has 0 amide bonds. The van der Waals surface area contributed by atoms with Crippen LogP contribution in [-0.2, 0) is 16.2 Å². The van der Waals surface area contributed by atoms with Gasteiger partial charge in [-0.25, -0.2) is 0 Å². The normalized spacial score (nSPS) is 13.6. The fourth-order valence-electron chi connectivity index (χ4n) is 8.97. The maximum absolute atomic E-state index is 6.88. The molecule has 4 heterocycles. The molecule has 0 N–H and O–H groups in total. The molecule has 0 fully saturated rings. The summed E-state index contributed by atoms with van der Waals surface area (Å²) in [5, 5.41) is 0. The van der Waals surface area contributed by atoms with E-state index >= 15 is 0 Å². The predicted octanol–water partition coefficient (Wildman–Crippen LogP) is 14.2. The second-order valence-electron chi connectivity index (χ2n) is 20.5. The Morgan fingerprint density at radius 3 is 1.79 bits per heavy atom. The number of fused-ring (bicyclic) bond motifs is 3. The summed E-state index contributed by atoms with van der Waals surface area (Å²) in [5.41, 5.74) is 15.2. The Balaban J connectivity index is 1.07. The molecule has 10 rings (SSSR count). The number of nitrogens with zero attached hydrogens (tertiary/aromatic N) is 5. The Morgan fingerprint density at radius 2 is 1.12 bits per heavy atom. The van der Waals surface area contributed by atoms with Crippen LogP contribution in [0.15, 0.2) is 170 Å². The van der Waals surface area contributed by atoms with Crippen molar-refractivity contribution in [3.05, 3.63) is 187 Å². The number of hydrogen-bond donors (Lipinski definition) is 0. The van der Waals surface area contributed by atoms with Gasteiger partial charge in [0.1, 0.15) is 0 Å². The van der Waals surface area contributed by atoms with E-state index in [0.717, 1.165) is 39.0 Å². The van der Waals surface area contributed by atoms with Crippen LogP contribution in [0.3, 0.4) is 0 Å². The first kappa shape index (κ1) is 43.2. The number of benzene rings is 6. The summed E-state index contributed by atoms with van der Waals surface area (Å²) in [6.45, 7) is 21.1. The van der Waals surface area contributed by atoms with Gasteiger partial charge in [-0.1, -0.05) is 108 Å². The molecular weight excluding hydrogens is 874 g/mol. The Labute approximate surface area is 397 Å². The van der Waals surface area contributed by atoms with Gasteiger partial charge < -0.3 is 0 Å². The molecule has 6 aromatic carbocycles. The summed E-state index contributed by atoms with van der Waals surface area (Å²) < 4.78 is 9.20. The van der Waals surface area contributed by atoms with Crippen LogP contribution in [0.1, 0.15) is 79.0 Å². The topological polar surface area (TPSA) is 44.7 Å². The number of hydrogen-bond acceptors (Lipinski definition) is 6. The van der Waals surface area contributed by atoms with E-state index in [1.807, 2.05) is 18.5 Å². The van der Waals surface area contributed by atoms with Gasteiger partial charge >= 0.3 is 240 Å². The third-order valence-electron chi connectivity index (χ3n) is 12.7. The van der Waals surface area contributed by atoms with Gasteiger partial charge in [-0.15, -0.1) is 0 Å². The van der Waals surface area contributed by atoms with Crippen LogP contribution in [0, 0.1) is 0 Å². The van der Waals surface area contributed by atoms with Gasteiger partial charge in [0.2, 0.25) is 0 Å². The van der Waals surface area contributed by atoms with Crippen molar-refractivity contribution >= 4 is 64.0 Å². The third-order valence-corrected chi connectivity index (χ3v) is 14.9. The minimum atomic E-state index is -0.0598. The molecule has 0 radical (unpaired) electrons.